The number of nitrogens with zero attached hydrogens (tertiary/aromatic N) is 3. The molecule has 0 radical (unpaired) electrons. The van der Waals surface area contributed by atoms with Crippen molar-refractivity contribution in [2.24, 2.45) is 0 Å². The Morgan fingerprint density at radius 1 is 0.935 bits per heavy atom. The molecule has 2 saturated heterocycles. The number of amides is 1. The third-order valence-corrected chi connectivity index (χ3v) is 7.45. The van der Waals surface area contributed by atoms with Crippen molar-refractivity contribution in [3.8, 4) is 0 Å². The zero-order valence-corrected chi connectivity index (χ0v) is 18.5. The first-order valence-corrected chi connectivity index (χ1v) is 11.8. The van der Waals surface area contributed by atoms with E-state index >= 15 is 0 Å². The van der Waals surface area contributed by atoms with Crippen LogP contribution in [0.15, 0.2) is 42.5 Å². The van der Waals surface area contributed by atoms with Gasteiger partial charge in [0.25, 0.3) is 0 Å². The Balaban J connectivity index is 1.25. The second kappa shape index (κ2) is 8.89. The summed E-state index contributed by atoms with van der Waals surface area (Å²) in [5, 5.41) is 0.757. The highest BCUT2D eigenvalue weighted by Gasteiger charge is 2.36. The number of rotatable bonds is 5. The molecule has 0 saturated carbocycles. The molecule has 2 heterocycles. The molecule has 164 valence electrons. The van der Waals surface area contributed by atoms with Crippen molar-refractivity contribution >= 4 is 17.5 Å². The number of piperazine rings is 1. The predicted octanol–water partition coefficient (Wildman–Crippen LogP) is 4.30. The van der Waals surface area contributed by atoms with Crippen molar-refractivity contribution < 1.29 is 9.18 Å². The van der Waals surface area contributed by atoms with Crippen LogP contribution in [0.1, 0.15) is 47.9 Å². The summed E-state index contributed by atoms with van der Waals surface area (Å²) in [6.07, 6.45) is 2.73. The Bertz CT molecular complexity index is 942. The standard InChI is InChI=1S/C25H29ClFN3O/c26-19-5-8-21-23(16-19)22(18-3-6-20(27)7-4-18)17-24(21)29-13-10-28(11-14-29)12-15-30-9-1-2-25(30)31/h3-8,16,22,24H,1-2,9-15,17H2/t22-,24+/m0/s1. The number of carbonyl (C=O) groups is 1. The Hall–Kier alpha value is -1.95. The molecule has 2 aromatic carbocycles. The Morgan fingerprint density at radius 3 is 2.42 bits per heavy atom. The van der Waals surface area contributed by atoms with Gasteiger partial charge in [-0.1, -0.05) is 29.8 Å². The molecule has 1 aliphatic carbocycles. The van der Waals surface area contributed by atoms with E-state index in [2.05, 4.69) is 21.9 Å². The summed E-state index contributed by atoms with van der Waals surface area (Å²) < 4.78 is 13.5. The van der Waals surface area contributed by atoms with E-state index in [0.717, 1.165) is 69.2 Å². The number of halogens is 2. The maximum absolute atomic E-state index is 13.5. The SMILES string of the molecule is O=C1CCCN1CCN1CCN([C@@H]2C[C@@H](c3ccc(F)cc3)c3cc(Cl)ccc32)CC1. The van der Waals surface area contributed by atoms with Gasteiger partial charge in [-0.15, -0.1) is 0 Å². The van der Waals surface area contributed by atoms with E-state index in [9.17, 15) is 9.18 Å². The Labute approximate surface area is 188 Å². The average molecular weight is 442 g/mol. The topological polar surface area (TPSA) is 26.8 Å². The normalized spacial score (nSPS) is 24.7. The van der Waals surface area contributed by atoms with Crippen molar-refractivity contribution in [2.45, 2.75) is 31.2 Å². The maximum Gasteiger partial charge on any atom is 0.222 e. The highest BCUT2D eigenvalue weighted by atomic mass is 35.5. The molecule has 0 bridgehead atoms. The summed E-state index contributed by atoms with van der Waals surface area (Å²) in [6.45, 7) is 6.86. The molecule has 2 aliphatic heterocycles. The minimum absolute atomic E-state index is 0.198. The van der Waals surface area contributed by atoms with E-state index in [4.69, 9.17) is 11.6 Å². The third-order valence-electron chi connectivity index (χ3n) is 7.22. The summed E-state index contributed by atoms with van der Waals surface area (Å²) in [5.41, 5.74) is 3.79. The minimum Gasteiger partial charge on any atom is -0.341 e. The number of likely N-dealkylation sites (tertiary alicyclic amines) is 1. The molecular formula is C25H29ClFN3O. The number of carbonyl (C=O) groups excluding carboxylic acids is 1. The maximum atomic E-state index is 13.5. The first-order valence-electron chi connectivity index (χ1n) is 11.4. The third kappa shape index (κ3) is 4.36. The lowest BCUT2D eigenvalue weighted by Gasteiger charge is -2.39. The van der Waals surface area contributed by atoms with E-state index in [1.54, 1.807) is 12.1 Å². The van der Waals surface area contributed by atoms with E-state index in [1.807, 2.05) is 23.1 Å². The fourth-order valence-corrected chi connectivity index (χ4v) is 5.67. The molecule has 6 heteroatoms. The van der Waals surface area contributed by atoms with E-state index < -0.39 is 0 Å². The quantitative estimate of drug-likeness (QED) is 0.692. The summed E-state index contributed by atoms with van der Waals surface area (Å²) in [7, 11) is 0. The number of hydrogen-bond acceptors (Lipinski definition) is 3. The highest BCUT2D eigenvalue weighted by Crippen LogP contribution is 2.47. The van der Waals surface area contributed by atoms with Crippen LogP contribution in [0.3, 0.4) is 0 Å². The van der Waals surface area contributed by atoms with Crippen LogP contribution in [-0.2, 0) is 4.79 Å². The van der Waals surface area contributed by atoms with Crippen molar-refractivity contribution in [3.63, 3.8) is 0 Å². The van der Waals surface area contributed by atoms with E-state index in [-0.39, 0.29) is 11.7 Å². The van der Waals surface area contributed by atoms with Gasteiger partial charge < -0.3 is 4.90 Å². The summed E-state index contributed by atoms with van der Waals surface area (Å²) in [5.74, 6) is 0.363. The summed E-state index contributed by atoms with van der Waals surface area (Å²) in [6, 6.07) is 13.5. The van der Waals surface area contributed by atoms with Crippen molar-refractivity contribution in [2.75, 3.05) is 45.8 Å². The number of hydrogen-bond donors (Lipinski definition) is 0. The van der Waals surface area contributed by atoms with Crippen LogP contribution in [0, 0.1) is 5.82 Å². The Kier molecular flexibility index (Phi) is 6.00. The molecule has 31 heavy (non-hydrogen) atoms. The van der Waals surface area contributed by atoms with Gasteiger partial charge in [0, 0.05) is 69.2 Å². The Morgan fingerprint density at radius 2 is 1.71 bits per heavy atom. The highest BCUT2D eigenvalue weighted by molar-refractivity contribution is 6.30. The molecule has 2 fully saturated rings. The molecular weight excluding hydrogens is 413 g/mol. The second-order valence-corrected chi connectivity index (χ2v) is 9.43. The van der Waals surface area contributed by atoms with Crippen LogP contribution in [-0.4, -0.2) is 66.4 Å². The molecule has 2 aromatic rings. The molecule has 0 unspecified atom stereocenters. The zero-order chi connectivity index (χ0) is 21.4. The lowest BCUT2D eigenvalue weighted by Crippen LogP contribution is -2.49. The van der Waals surface area contributed by atoms with Crippen LogP contribution < -0.4 is 0 Å². The van der Waals surface area contributed by atoms with Crippen LogP contribution >= 0.6 is 11.6 Å². The van der Waals surface area contributed by atoms with Crippen LogP contribution in [0.4, 0.5) is 4.39 Å². The number of fused-ring (bicyclic) bond motifs is 1. The molecule has 1 amide bonds. The zero-order valence-electron chi connectivity index (χ0n) is 17.8. The molecule has 5 rings (SSSR count). The smallest absolute Gasteiger partial charge is 0.222 e. The fraction of sp³-hybridized carbons (Fsp3) is 0.480. The van der Waals surface area contributed by atoms with Crippen molar-refractivity contribution in [3.05, 3.63) is 70.0 Å². The second-order valence-electron chi connectivity index (χ2n) is 8.99. The van der Waals surface area contributed by atoms with E-state index in [1.165, 1.54) is 11.1 Å². The summed E-state index contributed by atoms with van der Waals surface area (Å²) in [4.78, 5) is 18.9. The van der Waals surface area contributed by atoms with Crippen molar-refractivity contribution in [1.29, 1.82) is 0 Å². The van der Waals surface area contributed by atoms with Gasteiger partial charge in [0.05, 0.1) is 0 Å². The van der Waals surface area contributed by atoms with Crippen LogP contribution in [0.2, 0.25) is 5.02 Å². The largest absolute Gasteiger partial charge is 0.341 e. The first kappa shape index (κ1) is 20.9. The molecule has 3 aliphatic rings. The van der Waals surface area contributed by atoms with E-state index in [0.29, 0.717) is 18.4 Å². The average Bonchev–Trinajstić information content (AvgIpc) is 3.36. The lowest BCUT2D eigenvalue weighted by atomic mass is 9.93. The van der Waals surface area contributed by atoms with Crippen LogP contribution in [0.25, 0.3) is 0 Å². The molecule has 0 aromatic heterocycles. The molecule has 4 nitrogen and oxygen atoms in total. The van der Waals surface area contributed by atoms with Crippen LogP contribution in [0.5, 0.6) is 0 Å². The fourth-order valence-electron chi connectivity index (χ4n) is 5.49. The van der Waals surface area contributed by atoms with Gasteiger partial charge in [0.1, 0.15) is 5.82 Å². The van der Waals surface area contributed by atoms with Gasteiger partial charge in [-0.25, -0.2) is 4.39 Å². The van der Waals surface area contributed by atoms with Gasteiger partial charge in [0.15, 0.2) is 0 Å². The predicted molar refractivity (Wildman–Crippen MR) is 121 cm³/mol. The number of benzene rings is 2. The van der Waals surface area contributed by atoms with Gasteiger partial charge in [-0.05, 0) is 53.8 Å². The molecule has 0 N–H and O–H groups in total. The molecule has 2 atom stereocenters. The van der Waals surface area contributed by atoms with Gasteiger partial charge in [-0.2, -0.15) is 0 Å². The van der Waals surface area contributed by atoms with Gasteiger partial charge in [-0.3, -0.25) is 14.6 Å². The molecule has 0 spiro atoms. The summed E-state index contributed by atoms with van der Waals surface area (Å²) >= 11 is 6.34. The van der Waals surface area contributed by atoms with Crippen molar-refractivity contribution in [1.82, 2.24) is 14.7 Å². The van der Waals surface area contributed by atoms with Gasteiger partial charge >= 0.3 is 0 Å². The monoisotopic (exact) mass is 441 g/mol. The minimum atomic E-state index is -0.198. The first-order chi connectivity index (χ1) is 15.1. The lowest BCUT2D eigenvalue weighted by molar-refractivity contribution is -0.127. The van der Waals surface area contributed by atoms with Gasteiger partial charge in [0.2, 0.25) is 5.91 Å².